The molecule has 0 saturated heterocycles. The molecule has 0 aliphatic heterocycles. The van der Waals surface area contributed by atoms with Crippen LogP contribution < -0.4 is 10.6 Å². The summed E-state index contributed by atoms with van der Waals surface area (Å²) in [6.45, 7) is -0.511. The number of amides is 2. The predicted octanol–water partition coefficient (Wildman–Crippen LogP) is 1.35. The van der Waals surface area contributed by atoms with Gasteiger partial charge in [-0.15, -0.1) is 11.3 Å². The van der Waals surface area contributed by atoms with E-state index in [1.165, 1.54) is 11.3 Å². The lowest BCUT2D eigenvalue weighted by Gasteiger charge is -2.14. The number of carbonyl (C=O) groups excluding carboxylic acids is 2. The van der Waals surface area contributed by atoms with Gasteiger partial charge in [0.2, 0.25) is 5.95 Å². The van der Waals surface area contributed by atoms with Crippen molar-refractivity contribution in [3.05, 3.63) is 46.7 Å². The molecular formula is C15H14N4O3S. The molecule has 0 saturated carbocycles. The highest BCUT2D eigenvalue weighted by Gasteiger charge is 2.22. The molecule has 0 aliphatic rings. The first-order valence-corrected chi connectivity index (χ1v) is 7.76. The summed E-state index contributed by atoms with van der Waals surface area (Å²) in [7, 11) is 0. The van der Waals surface area contributed by atoms with Gasteiger partial charge in [0.05, 0.1) is 22.5 Å². The van der Waals surface area contributed by atoms with Gasteiger partial charge in [-0.2, -0.15) is 0 Å². The lowest BCUT2D eigenvalue weighted by Crippen LogP contribution is -2.46. The molecule has 2 aromatic heterocycles. The Kier molecular flexibility index (Phi) is 4.35. The molecule has 2 amide bonds. The number of hydrogen-bond acceptors (Lipinski definition) is 5. The maximum Gasteiger partial charge on any atom is 0.262 e. The molecule has 8 heteroatoms. The van der Waals surface area contributed by atoms with Crippen molar-refractivity contribution in [1.29, 1.82) is 0 Å². The van der Waals surface area contributed by atoms with Gasteiger partial charge in [-0.05, 0) is 23.6 Å². The van der Waals surface area contributed by atoms with Gasteiger partial charge in [-0.1, -0.05) is 18.2 Å². The zero-order valence-electron chi connectivity index (χ0n) is 11.9. The second kappa shape index (κ2) is 6.59. The normalized spacial score (nSPS) is 12.0. The molecule has 0 bridgehead atoms. The third-order valence-electron chi connectivity index (χ3n) is 3.18. The topological polar surface area (TPSA) is 107 Å². The van der Waals surface area contributed by atoms with Crippen LogP contribution >= 0.6 is 11.3 Å². The van der Waals surface area contributed by atoms with Crippen molar-refractivity contribution in [3.8, 4) is 0 Å². The highest BCUT2D eigenvalue weighted by Crippen LogP contribution is 2.13. The quantitative estimate of drug-likeness (QED) is 0.566. The lowest BCUT2D eigenvalue weighted by atomic mass is 10.3. The van der Waals surface area contributed by atoms with E-state index >= 15 is 0 Å². The van der Waals surface area contributed by atoms with Crippen LogP contribution in [0.3, 0.4) is 0 Å². The van der Waals surface area contributed by atoms with Crippen molar-refractivity contribution < 1.29 is 14.7 Å². The molecule has 0 spiro atoms. The molecule has 1 aromatic carbocycles. The minimum absolute atomic E-state index is 0.264. The minimum atomic E-state index is -1.06. The fraction of sp³-hybridized carbons (Fsp3) is 0.133. The number of aromatic nitrogens is 2. The maximum atomic E-state index is 12.2. The summed E-state index contributed by atoms with van der Waals surface area (Å²) in [6, 6.07) is 9.66. The Hall–Kier alpha value is -2.71. The van der Waals surface area contributed by atoms with Gasteiger partial charge in [0.25, 0.3) is 11.8 Å². The van der Waals surface area contributed by atoms with Crippen molar-refractivity contribution in [2.24, 2.45) is 0 Å². The number of thiophene rings is 1. The van der Waals surface area contributed by atoms with Crippen LogP contribution in [0.1, 0.15) is 9.67 Å². The van der Waals surface area contributed by atoms with Gasteiger partial charge in [0.15, 0.2) is 0 Å². The summed E-state index contributed by atoms with van der Waals surface area (Å²) in [5.74, 6) is -0.685. The van der Waals surface area contributed by atoms with Crippen molar-refractivity contribution in [2.75, 3.05) is 11.9 Å². The van der Waals surface area contributed by atoms with E-state index in [2.05, 4.69) is 20.6 Å². The molecule has 2 heterocycles. The number of rotatable bonds is 5. The van der Waals surface area contributed by atoms with Crippen LogP contribution in [0.2, 0.25) is 0 Å². The van der Waals surface area contributed by atoms with Crippen molar-refractivity contribution >= 4 is 40.1 Å². The van der Waals surface area contributed by atoms with Crippen LogP contribution in [0.15, 0.2) is 41.8 Å². The number of anilines is 1. The number of para-hydroxylation sites is 2. The number of fused-ring (bicyclic) bond motifs is 1. The van der Waals surface area contributed by atoms with E-state index in [-0.39, 0.29) is 5.95 Å². The van der Waals surface area contributed by atoms with Gasteiger partial charge in [0, 0.05) is 0 Å². The number of H-pyrrole nitrogens is 1. The van der Waals surface area contributed by atoms with Crippen molar-refractivity contribution in [3.63, 3.8) is 0 Å². The van der Waals surface area contributed by atoms with E-state index in [9.17, 15) is 14.7 Å². The van der Waals surface area contributed by atoms with Gasteiger partial charge in [0.1, 0.15) is 6.04 Å². The Morgan fingerprint density at radius 3 is 2.78 bits per heavy atom. The van der Waals surface area contributed by atoms with E-state index in [1.54, 1.807) is 17.5 Å². The number of benzene rings is 1. The largest absolute Gasteiger partial charge is 0.394 e. The SMILES string of the molecule is O=C(NC(CO)C(=O)Nc1nc2ccccc2[nH]1)c1cccs1. The number of aliphatic hydroxyl groups excluding tert-OH is 1. The van der Waals surface area contributed by atoms with Gasteiger partial charge < -0.3 is 15.4 Å². The first-order chi connectivity index (χ1) is 11.2. The highest BCUT2D eigenvalue weighted by molar-refractivity contribution is 7.12. The van der Waals surface area contributed by atoms with E-state index in [0.717, 1.165) is 5.52 Å². The zero-order chi connectivity index (χ0) is 16.2. The molecule has 3 aromatic rings. The van der Waals surface area contributed by atoms with E-state index < -0.39 is 24.5 Å². The number of hydrogen-bond donors (Lipinski definition) is 4. The summed E-state index contributed by atoms with van der Waals surface area (Å²) < 4.78 is 0. The van der Waals surface area contributed by atoms with E-state index in [4.69, 9.17) is 0 Å². The van der Waals surface area contributed by atoms with Crippen LogP contribution in [0, 0.1) is 0 Å². The third-order valence-corrected chi connectivity index (χ3v) is 4.05. The molecule has 0 fully saturated rings. The smallest absolute Gasteiger partial charge is 0.262 e. The number of nitrogens with one attached hydrogen (secondary N) is 3. The molecule has 1 atom stereocenters. The third kappa shape index (κ3) is 3.38. The standard InChI is InChI=1S/C15H14N4O3S/c20-8-11(16-14(22)12-6-3-7-23-12)13(21)19-15-17-9-4-1-2-5-10(9)18-15/h1-7,11,20H,8H2,(H,16,22)(H2,17,18,19,21). The van der Waals surface area contributed by atoms with Gasteiger partial charge >= 0.3 is 0 Å². The first kappa shape index (κ1) is 15.2. The monoisotopic (exact) mass is 330 g/mol. The lowest BCUT2D eigenvalue weighted by molar-refractivity contribution is -0.118. The van der Waals surface area contributed by atoms with E-state index in [0.29, 0.717) is 10.4 Å². The summed E-state index contributed by atoms with van der Waals surface area (Å²) in [6.07, 6.45) is 0. The van der Waals surface area contributed by atoms with Crippen LogP contribution in [-0.2, 0) is 4.79 Å². The Balaban J connectivity index is 1.68. The minimum Gasteiger partial charge on any atom is -0.394 e. The Bertz CT molecular complexity index is 795. The molecule has 7 nitrogen and oxygen atoms in total. The van der Waals surface area contributed by atoms with Crippen LogP contribution in [-0.4, -0.2) is 39.5 Å². The van der Waals surface area contributed by atoms with Crippen molar-refractivity contribution in [1.82, 2.24) is 15.3 Å². The Morgan fingerprint density at radius 2 is 2.09 bits per heavy atom. The van der Waals surface area contributed by atoms with E-state index in [1.807, 2.05) is 24.3 Å². The molecule has 4 N–H and O–H groups in total. The second-order valence-electron chi connectivity index (χ2n) is 4.78. The molecule has 1 unspecified atom stereocenters. The van der Waals surface area contributed by atoms with Crippen LogP contribution in [0.5, 0.6) is 0 Å². The zero-order valence-corrected chi connectivity index (χ0v) is 12.8. The molecule has 118 valence electrons. The molecular weight excluding hydrogens is 316 g/mol. The predicted molar refractivity (Wildman–Crippen MR) is 87.4 cm³/mol. The first-order valence-electron chi connectivity index (χ1n) is 6.88. The molecule has 0 radical (unpaired) electrons. The maximum absolute atomic E-state index is 12.2. The van der Waals surface area contributed by atoms with Gasteiger partial charge in [-0.25, -0.2) is 4.98 Å². The van der Waals surface area contributed by atoms with Crippen LogP contribution in [0.4, 0.5) is 5.95 Å². The summed E-state index contributed by atoms with van der Waals surface area (Å²) in [4.78, 5) is 31.8. The molecule has 0 aliphatic carbocycles. The van der Waals surface area contributed by atoms with Gasteiger partial charge in [-0.3, -0.25) is 14.9 Å². The molecule has 23 heavy (non-hydrogen) atoms. The Morgan fingerprint density at radius 1 is 1.26 bits per heavy atom. The number of carbonyl (C=O) groups is 2. The fourth-order valence-corrected chi connectivity index (χ4v) is 2.67. The number of imidazole rings is 1. The summed E-state index contributed by atoms with van der Waals surface area (Å²) >= 11 is 1.26. The Labute approximate surface area is 135 Å². The second-order valence-corrected chi connectivity index (χ2v) is 5.73. The van der Waals surface area contributed by atoms with Crippen LogP contribution in [0.25, 0.3) is 11.0 Å². The molecule has 3 rings (SSSR count). The number of aliphatic hydroxyl groups is 1. The van der Waals surface area contributed by atoms with Crippen molar-refractivity contribution in [2.45, 2.75) is 6.04 Å². The number of aromatic amines is 1. The number of nitrogens with zero attached hydrogens (tertiary/aromatic N) is 1. The fourth-order valence-electron chi connectivity index (χ4n) is 2.05. The average molecular weight is 330 g/mol. The summed E-state index contributed by atoms with van der Waals surface area (Å²) in [5.41, 5.74) is 1.50. The summed E-state index contributed by atoms with van der Waals surface area (Å²) in [5, 5.41) is 16.2. The highest BCUT2D eigenvalue weighted by atomic mass is 32.1. The average Bonchev–Trinajstić information content (AvgIpc) is 3.20.